The molecule has 4 rings (SSSR count). The Morgan fingerprint density at radius 1 is 1.06 bits per heavy atom. The first kappa shape index (κ1) is 21.6. The lowest BCUT2D eigenvalue weighted by Gasteiger charge is -2.38. The number of carbonyl (C=O) groups excluding carboxylic acids is 3. The molecule has 1 aliphatic heterocycles. The van der Waals surface area contributed by atoms with Crippen LogP contribution in [0.1, 0.15) is 43.2 Å². The minimum absolute atomic E-state index is 0.0289. The molecule has 0 fully saturated rings. The highest BCUT2D eigenvalue weighted by Crippen LogP contribution is 2.44. The number of ketones is 1. The number of hydrogen-bond donors (Lipinski definition) is 1. The molecular weight excluding hydrogens is 406 g/mol. The molecule has 0 aromatic heterocycles. The van der Waals surface area contributed by atoms with Gasteiger partial charge < -0.3 is 14.8 Å². The third-order valence-electron chi connectivity index (χ3n) is 5.77. The molecule has 1 N–H and O–H groups in total. The van der Waals surface area contributed by atoms with E-state index in [0.29, 0.717) is 23.4 Å². The smallest absolute Gasteiger partial charge is 0.316 e. The molecule has 0 saturated carbocycles. The molecule has 2 atom stereocenters. The summed E-state index contributed by atoms with van der Waals surface area (Å²) in [4.78, 5) is 37.4. The topological polar surface area (TPSA) is 81.7 Å². The van der Waals surface area contributed by atoms with Crippen LogP contribution in [0.3, 0.4) is 0 Å². The third-order valence-corrected chi connectivity index (χ3v) is 5.77. The van der Waals surface area contributed by atoms with Gasteiger partial charge in [0.2, 0.25) is 0 Å². The van der Waals surface area contributed by atoms with Crippen molar-refractivity contribution in [2.24, 2.45) is 5.92 Å². The Morgan fingerprint density at radius 2 is 1.78 bits per heavy atom. The summed E-state index contributed by atoms with van der Waals surface area (Å²) < 4.78 is 10.8. The molecule has 1 heterocycles. The second kappa shape index (κ2) is 9.22. The van der Waals surface area contributed by atoms with Crippen molar-refractivity contribution in [3.05, 3.63) is 89.3 Å². The number of esters is 2. The van der Waals surface area contributed by atoms with Gasteiger partial charge in [-0.1, -0.05) is 49.0 Å². The minimum atomic E-state index is -0.751. The van der Waals surface area contributed by atoms with Gasteiger partial charge in [-0.05, 0) is 36.1 Å². The summed E-state index contributed by atoms with van der Waals surface area (Å²) in [5.41, 5.74) is 3.61. The predicted molar refractivity (Wildman–Crippen MR) is 118 cm³/mol. The van der Waals surface area contributed by atoms with Gasteiger partial charge in [-0.2, -0.15) is 0 Å². The molecule has 2 aromatic carbocycles. The first-order chi connectivity index (χ1) is 15.4. The van der Waals surface area contributed by atoms with Gasteiger partial charge in [0.25, 0.3) is 0 Å². The van der Waals surface area contributed by atoms with Crippen LogP contribution in [-0.2, 0) is 25.7 Å². The van der Waals surface area contributed by atoms with Crippen LogP contribution in [0.5, 0.6) is 5.75 Å². The molecule has 2 unspecified atom stereocenters. The van der Waals surface area contributed by atoms with E-state index in [9.17, 15) is 14.4 Å². The summed E-state index contributed by atoms with van der Waals surface area (Å²) in [6.45, 7) is 5.57. The van der Waals surface area contributed by atoms with Gasteiger partial charge in [-0.15, -0.1) is 0 Å². The zero-order chi connectivity index (χ0) is 22.7. The van der Waals surface area contributed by atoms with Crippen molar-refractivity contribution >= 4 is 17.7 Å². The zero-order valence-corrected chi connectivity index (χ0v) is 17.9. The summed E-state index contributed by atoms with van der Waals surface area (Å²) in [5, 5.41) is 3.21. The maximum Gasteiger partial charge on any atom is 0.316 e. The molecule has 6 heteroatoms. The second-order valence-corrected chi connectivity index (χ2v) is 8.03. The number of allylic oxidation sites excluding steroid dienone is 2. The van der Waals surface area contributed by atoms with E-state index in [1.807, 2.05) is 30.3 Å². The van der Waals surface area contributed by atoms with Crippen LogP contribution >= 0.6 is 0 Å². The van der Waals surface area contributed by atoms with Crippen LogP contribution in [0.25, 0.3) is 0 Å². The molecule has 2 aliphatic rings. The summed E-state index contributed by atoms with van der Waals surface area (Å²) >= 11 is 0. The Labute approximate surface area is 186 Å². The molecule has 2 aromatic rings. The van der Waals surface area contributed by atoms with Crippen molar-refractivity contribution in [1.29, 1.82) is 0 Å². The van der Waals surface area contributed by atoms with Crippen molar-refractivity contribution < 1.29 is 23.9 Å². The van der Waals surface area contributed by atoms with Gasteiger partial charge in [-0.3, -0.25) is 14.4 Å². The summed E-state index contributed by atoms with van der Waals surface area (Å²) in [7, 11) is 0. The van der Waals surface area contributed by atoms with Gasteiger partial charge in [0.1, 0.15) is 18.3 Å². The normalized spacial score (nSPS) is 20.3. The van der Waals surface area contributed by atoms with E-state index >= 15 is 0 Å². The van der Waals surface area contributed by atoms with Gasteiger partial charge in [0, 0.05) is 36.2 Å². The lowest BCUT2D eigenvalue weighted by atomic mass is 9.71. The fraction of sp³-hybridized carbons (Fsp3) is 0.269. The molecule has 0 spiro atoms. The highest BCUT2D eigenvalue weighted by molar-refractivity contribution is 6.00. The van der Waals surface area contributed by atoms with Gasteiger partial charge in [-0.25, -0.2) is 0 Å². The number of carbonyl (C=O) groups is 3. The molecule has 32 heavy (non-hydrogen) atoms. The van der Waals surface area contributed by atoms with Crippen LogP contribution in [0.2, 0.25) is 0 Å². The number of nitrogens with one attached hydrogen (secondary N) is 1. The largest absolute Gasteiger partial charge is 0.460 e. The van der Waals surface area contributed by atoms with Gasteiger partial charge >= 0.3 is 11.9 Å². The second-order valence-electron chi connectivity index (χ2n) is 8.03. The molecule has 6 nitrogen and oxygen atoms in total. The van der Waals surface area contributed by atoms with Crippen molar-refractivity contribution in [2.45, 2.75) is 38.7 Å². The van der Waals surface area contributed by atoms with E-state index in [2.05, 4.69) is 11.9 Å². The number of hydrogen-bond acceptors (Lipinski definition) is 6. The molecule has 164 valence electrons. The van der Waals surface area contributed by atoms with E-state index in [1.165, 1.54) is 6.92 Å². The molecule has 1 aliphatic carbocycles. The summed E-state index contributed by atoms with van der Waals surface area (Å²) in [6.07, 6.45) is 1.94. The van der Waals surface area contributed by atoms with Crippen LogP contribution in [-0.4, -0.2) is 17.7 Å². The Kier molecular flexibility index (Phi) is 6.21. The standard InChI is InChI=1S/C26H25NO5/c1-16-23(26(30)31-15-18-7-4-3-5-8-18)24(25-21(27-16)9-6-10-22(25)29)19-11-13-20(14-12-19)32-17(2)28/h3-5,7-8,11-14,23-24,27H,1,6,9-10,15H2,2H3. The van der Waals surface area contributed by atoms with Gasteiger partial charge in [0.05, 0.1) is 0 Å². The summed E-state index contributed by atoms with van der Waals surface area (Å²) in [6, 6.07) is 16.3. The highest BCUT2D eigenvalue weighted by atomic mass is 16.5. The van der Waals surface area contributed by atoms with Crippen molar-refractivity contribution in [3.8, 4) is 5.75 Å². The van der Waals surface area contributed by atoms with Crippen LogP contribution < -0.4 is 10.1 Å². The maximum atomic E-state index is 13.2. The van der Waals surface area contributed by atoms with Crippen LogP contribution in [0.15, 0.2) is 78.1 Å². The lowest BCUT2D eigenvalue weighted by Crippen LogP contribution is -2.41. The van der Waals surface area contributed by atoms with E-state index in [0.717, 1.165) is 29.7 Å². The predicted octanol–water partition coefficient (Wildman–Crippen LogP) is 4.18. The number of benzene rings is 2. The van der Waals surface area contributed by atoms with E-state index in [1.54, 1.807) is 24.3 Å². The molecular formula is C26H25NO5. The van der Waals surface area contributed by atoms with Crippen molar-refractivity contribution in [1.82, 2.24) is 5.32 Å². The quantitative estimate of drug-likeness (QED) is 0.565. The first-order valence-corrected chi connectivity index (χ1v) is 10.6. The van der Waals surface area contributed by atoms with Crippen LogP contribution in [0.4, 0.5) is 0 Å². The van der Waals surface area contributed by atoms with Crippen LogP contribution in [0, 0.1) is 5.92 Å². The lowest BCUT2D eigenvalue weighted by molar-refractivity contribution is -0.149. The number of Topliss-reactive ketones (excluding diaryl/α,β-unsaturated/α-hetero) is 1. The van der Waals surface area contributed by atoms with Gasteiger partial charge in [0.15, 0.2) is 5.78 Å². The van der Waals surface area contributed by atoms with Crippen molar-refractivity contribution in [2.75, 3.05) is 0 Å². The minimum Gasteiger partial charge on any atom is -0.460 e. The zero-order valence-electron chi connectivity index (χ0n) is 17.9. The monoisotopic (exact) mass is 431 g/mol. The molecule has 0 saturated heterocycles. The van der Waals surface area contributed by atoms with E-state index < -0.39 is 23.8 Å². The third kappa shape index (κ3) is 4.49. The number of rotatable bonds is 5. The maximum absolute atomic E-state index is 13.2. The fourth-order valence-corrected chi connectivity index (χ4v) is 4.36. The summed E-state index contributed by atoms with van der Waals surface area (Å²) in [5.74, 6) is -1.68. The molecule has 0 radical (unpaired) electrons. The SMILES string of the molecule is C=C1NC2=C(C(=O)CCC2)C(c2ccc(OC(C)=O)cc2)C1C(=O)OCc1ccccc1. The Morgan fingerprint density at radius 3 is 2.47 bits per heavy atom. The first-order valence-electron chi connectivity index (χ1n) is 10.6. The van der Waals surface area contributed by atoms with E-state index in [-0.39, 0.29) is 12.4 Å². The van der Waals surface area contributed by atoms with Crippen molar-refractivity contribution in [3.63, 3.8) is 0 Å². The molecule has 0 amide bonds. The Bertz CT molecular complexity index is 1080. The average Bonchev–Trinajstić information content (AvgIpc) is 2.77. The van der Waals surface area contributed by atoms with E-state index in [4.69, 9.17) is 9.47 Å². The highest BCUT2D eigenvalue weighted by Gasteiger charge is 2.43. The number of ether oxygens (including phenoxy) is 2. The fourth-order valence-electron chi connectivity index (χ4n) is 4.36. The Balaban J connectivity index is 1.67. The average molecular weight is 431 g/mol. The Hall–Kier alpha value is -3.67. The molecule has 0 bridgehead atoms.